The SMILES string of the molecule is Nc1n[nH]c(C(=O)NCc2cccs2)n1. The van der Waals surface area contributed by atoms with Gasteiger partial charge in [0.05, 0.1) is 6.54 Å². The molecule has 1 amide bonds. The molecule has 0 aliphatic carbocycles. The molecule has 0 aliphatic heterocycles. The molecule has 0 atom stereocenters. The molecular formula is C8H9N5OS. The van der Waals surface area contributed by atoms with Crippen LogP contribution < -0.4 is 11.1 Å². The third-order valence-electron chi connectivity index (χ3n) is 1.72. The van der Waals surface area contributed by atoms with Crippen molar-refractivity contribution >= 4 is 23.2 Å². The number of nitrogen functional groups attached to an aromatic ring is 1. The number of anilines is 1. The van der Waals surface area contributed by atoms with Gasteiger partial charge in [0.15, 0.2) is 0 Å². The van der Waals surface area contributed by atoms with Crippen molar-refractivity contribution in [2.75, 3.05) is 5.73 Å². The molecule has 2 heterocycles. The summed E-state index contributed by atoms with van der Waals surface area (Å²) in [5.41, 5.74) is 5.28. The average molecular weight is 223 g/mol. The monoisotopic (exact) mass is 223 g/mol. The molecule has 2 aromatic heterocycles. The number of rotatable bonds is 3. The minimum Gasteiger partial charge on any atom is -0.366 e. The van der Waals surface area contributed by atoms with E-state index in [-0.39, 0.29) is 17.7 Å². The number of carbonyl (C=O) groups is 1. The minimum absolute atomic E-state index is 0.0660. The number of hydrogen-bond acceptors (Lipinski definition) is 5. The van der Waals surface area contributed by atoms with Crippen molar-refractivity contribution in [3.8, 4) is 0 Å². The van der Waals surface area contributed by atoms with Crippen LogP contribution in [-0.2, 0) is 6.54 Å². The van der Waals surface area contributed by atoms with Crippen molar-refractivity contribution in [1.29, 1.82) is 0 Å². The van der Waals surface area contributed by atoms with Crippen molar-refractivity contribution in [2.45, 2.75) is 6.54 Å². The molecule has 7 heteroatoms. The number of nitrogens with zero attached hydrogens (tertiary/aromatic N) is 2. The standard InChI is InChI=1S/C8H9N5OS/c9-8-11-6(12-13-8)7(14)10-4-5-2-1-3-15-5/h1-3H,4H2,(H,10,14)(H3,9,11,12,13). The summed E-state index contributed by atoms with van der Waals surface area (Å²) in [6.07, 6.45) is 0. The van der Waals surface area contributed by atoms with Crippen molar-refractivity contribution in [3.05, 3.63) is 28.2 Å². The Morgan fingerprint density at radius 1 is 1.67 bits per heavy atom. The Labute approximate surface area is 89.5 Å². The van der Waals surface area contributed by atoms with E-state index in [0.29, 0.717) is 6.54 Å². The van der Waals surface area contributed by atoms with Crippen LogP contribution in [0.15, 0.2) is 17.5 Å². The van der Waals surface area contributed by atoms with Crippen molar-refractivity contribution in [1.82, 2.24) is 20.5 Å². The first-order valence-corrected chi connectivity index (χ1v) is 5.12. The Kier molecular flexibility index (Phi) is 2.64. The number of aromatic amines is 1. The molecule has 0 unspecified atom stereocenters. The van der Waals surface area contributed by atoms with E-state index in [9.17, 15) is 4.79 Å². The summed E-state index contributed by atoms with van der Waals surface area (Å²) >= 11 is 1.58. The van der Waals surface area contributed by atoms with E-state index in [1.54, 1.807) is 11.3 Å². The van der Waals surface area contributed by atoms with Crippen LogP contribution in [0.3, 0.4) is 0 Å². The molecule has 0 saturated carbocycles. The van der Waals surface area contributed by atoms with Crippen LogP contribution in [0.1, 0.15) is 15.5 Å². The topological polar surface area (TPSA) is 96.7 Å². The molecule has 0 saturated heterocycles. The highest BCUT2D eigenvalue weighted by Gasteiger charge is 2.09. The maximum Gasteiger partial charge on any atom is 0.288 e. The normalized spacial score (nSPS) is 10.1. The number of hydrogen-bond donors (Lipinski definition) is 3. The second kappa shape index (κ2) is 4.09. The van der Waals surface area contributed by atoms with Gasteiger partial charge in [0.1, 0.15) is 0 Å². The first-order valence-electron chi connectivity index (χ1n) is 4.24. The Morgan fingerprint density at radius 2 is 2.53 bits per heavy atom. The van der Waals surface area contributed by atoms with Crippen molar-refractivity contribution in [3.63, 3.8) is 0 Å². The summed E-state index contributed by atoms with van der Waals surface area (Å²) in [6.45, 7) is 0.483. The van der Waals surface area contributed by atoms with Gasteiger partial charge < -0.3 is 11.1 Å². The molecule has 2 aromatic rings. The maximum atomic E-state index is 11.5. The van der Waals surface area contributed by atoms with Crippen LogP contribution in [0.2, 0.25) is 0 Å². The predicted octanol–water partition coefficient (Wildman–Crippen LogP) is 0.378. The second-order valence-corrected chi connectivity index (χ2v) is 3.84. The Hall–Kier alpha value is -1.89. The van der Waals surface area contributed by atoms with Crippen LogP contribution in [0, 0.1) is 0 Å². The van der Waals surface area contributed by atoms with E-state index >= 15 is 0 Å². The van der Waals surface area contributed by atoms with Crippen molar-refractivity contribution < 1.29 is 4.79 Å². The fourth-order valence-electron chi connectivity index (χ4n) is 1.04. The van der Waals surface area contributed by atoms with Gasteiger partial charge in [-0.3, -0.25) is 9.89 Å². The van der Waals surface area contributed by atoms with E-state index < -0.39 is 0 Å². The van der Waals surface area contributed by atoms with Gasteiger partial charge in [-0.05, 0) is 11.4 Å². The number of H-pyrrole nitrogens is 1. The zero-order valence-electron chi connectivity index (χ0n) is 7.73. The highest BCUT2D eigenvalue weighted by molar-refractivity contribution is 7.09. The number of aromatic nitrogens is 3. The van der Waals surface area contributed by atoms with Crippen LogP contribution in [-0.4, -0.2) is 21.1 Å². The Morgan fingerprint density at radius 3 is 3.13 bits per heavy atom. The van der Waals surface area contributed by atoms with Crippen molar-refractivity contribution in [2.24, 2.45) is 0 Å². The van der Waals surface area contributed by atoms with Crippen LogP contribution in [0.25, 0.3) is 0 Å². The summed E-state index contributed by atoms with van der Waals surface area (Å²) in [6, 6.07) is 3.87. The Bertz CT molecular complexity index is 449. The lowest BCUT2D eigenvalue weighted by atomic mass is 10.4. The second-order valence-electron chi connectivity index (χ2n) is 2.80. The molecule has 0 aliphatic rings. The summed E-state index contributed by atoms with van der Waals surface area (Å²) < 4.78 is 0. The van der Waals surface area contributed by atoms with Crippen LogP contribution >= 0.6 is 11.3 Å². The fraction of sp³-hybridized carbons (Fsp3) is 0.125. The van der Waals surface area contributed by atoms with Gasteiger partial charge in [-0.1, -0.05) is 6.07 Å². The fourth-order valence-corrected chi connectivity index (χ4v) is 1.69. The molecule has 0 spiro atoms. The molecule has 4 N–H and O–H groups in total. The molecule has 0 fully saturated rings. The first-order chi connectivity index (χ1) is 7.25. The van der Waals surface area contributed by atoms with Gasteiger partial charge in [-0.25, -0.2) is 0 Å². The lowest BCUT2D eigenvalue weighted by Crippen LogP contribution is -2.23. The number of amides is 1. The van der Waals surface area contributed by atoms with Gasteiger partial charge in [0, 0.05) is 4.88 Å². The van der Waals surface area contributed by atoms with E-state index in [0.717, 1.165) is 4.88 Å². The third kappa shape index (κ3) is 2.32. The molecule has 2 rings (SSSR count). The minimum atomic E-state index is -0.312. The number of nitrogens with two attached hydrogens (primary N) is 1. The van der Waals surface area contributed by atoms with Gasteiger partial charge >= 0.3 is 0 Å². The van der Waals surface area contributed by atoms with Crippen LogP contribution in [0.4, 0.5) is 5.95 Å². The lowest BCUT2D eigenvalue weighted by Gasteiger charge is -1.99. The van der Waals surface area contributed by atoms with Gasteiger partial charge in [-0.2, -0.15) is 4.98 Å². The van der Waals surface area contributed by atoms with Crippen LogP contribution in [0.5, 0.6) is 0 Å². The largest absolute Gasteiger partial charge is 0.366 e. The summed E-state index contributed by atoms with van der Waals surface area (Å²) in [7, 11) is 0. The maximum absolute atomic E-state index is 11.5. The van der Waals surface area contributed by atoms with Gasteiger partial charge in [-0.15, -0.1) is 16.4 Å². The third-order valence-corrected chi connectivity index (χ3v) is 2.60. The summed E-state index contributed by atoms with van der Waals surface area (Å²) in [5, 5.41) is 10.7. The predicted molar refractivity (Wildman–Crippen MR) is 56.3 cm³/mol. The number of thiophene rings is 1. The summed E-state index contributed by atoms with van der Waals surface area (Å²) in [4.78, 5) is 16.2. The summed E-state index contributed by atoms with van der Waals surface area (Å²) in [5.74, 6) is -0.118. The lowest BCUT2D eigenvalue weighted by molar-refractivity contribution is 0.0941. The van der Waals surface area contributed by atoms with E-state index in [2.05, 4.69) is 20.5 Å². The molecule has 0 bridgehead atoms. The quantitative estimate of drug-likeness (QED) is 0.700. The molecule has 15 heavy (non-hydrogen) atoms. The molecule has 0 radical (unpaired) electrons. The van der Waals surface area contributed by atoms with Gasteiger partial charge in [0.25, 0.3) is 5.91 Å². The highest BCUT2D eigenvalue weighted by Crippen LogP contribution is 2.07. The average Bonchev–Trinajstić information content (AvgIpc) is 2.84. The zero-order chi connectivity index (χ0) is 10.7. The molecule has 6 nitrogen and oxygen atoms in total. The van der Waals surface area contributed by atoms with E-state index in [4.69, 9.17) is 5.73 Å². The highest BCUT2D eigenvalue weighted by atomic mass is 32.1. The van der Waals surface area contributed by atoms with E-state index in [1.807, 2.05) is 17.5 Å². The number of nitrogens with one attached hydrogen (secondary N) is 2. The Balaban J connectivity index is 1.93. The number of carbonyl (C=O) groups excluding carboxylic acids is 1. The first kappa shape index (κ1) is 9.66. The zero-order valence-corrected chi connectivity index (χ0v) is 8.54. The molecular weight excluding hydrogens is 214 g/mol. The molecule has 0 aromatic carbocycles. The molecule has 78 valence electrons. The van der Waals surface area contributed by atoms with Gasteiger partial charge in [0.2, 0.25) is 11.8 Å². The van der Waals surface area contributed by atoms with E-state index in [1.165, 1.54) is 0 Å². The smallest absolute Gasteiger partial charge is 0.288 e.